The molecule has 1 aromatic rings. The minimum absolute atomic E-state index is 0.0878. The summed E-state index contributed by atoms with van der Waals surface area (Å²) in [6.07, 6.45) is 1.25. The van der Waals surface area contributed by atoms with E-state index in [0.29, 0.717) is 27.6 Å². The second-order valence-electron chi connectivity index (χ2n) is 7.22. The zero-order valence-electron chi connectivity index (χ0n) is 13.8. The first-order valence-corrected chi connectivity index (χ1v) is 8.58. The Labute approximate surface area is 151 Å². The minimum Gasteiger partial charge on any atom is -0.361 e. The highest BCUT2D eigenvalue weighted by Gasteiger charge is 2.41. The van der Waals surface area contributed by atoms with E-state index in [2.05, 4.69) is 25.2 Å². The third-order valence-electron chi connectivity index (χ3n) is 4.64. The molecule has 3 rings (SSSR count). The van der Waals surface area contributed by atoms with Crippen LogP contribution in [0.5, 0.6) is 0 Å². The molecule has 0 fully saturated rings. The van der Waals surface area contributed by atoms with Crippen molar-refractivity contribution < 1.29 is 4.79 Å². The fourth-order valence-electron chi connectivity index (χ4n) is 3.61. The van der Waals surface area contributed by atoms with Crippen LogP contribution in [0.2, 0.25) is 10.0 Å². The van der Waals surface area contributed by atoms with E-state index in [0.717, 1.165) is 23.4 Å². The molecule has 0 bridgehead atoms. The second kappa shape index (κ2) is 5.95. The molecule has 5 heteroatoms. The lowest BCUT2D eigenvalue weighted by molar-refractivity contribution is -0.118. The zero-order chi connectivity index (χ0) is 17.6. The third-order valence-corrected chi connectivity index (χ3v) is 5.38. The first kappa shape index (κ1) is 17.1. The van der Waals surface area contributed by atoms with Gasteiger partial charge >= 0.3 is 0 Å². The highest BCUT2D eigenvalue weighted by molar-refractivity contribution is 6.42. The first-order valence-electron chi connectivity index (χ1n) is 7.82. The van der Waals surface area contributed by atoms with Gasteiger partial charge in [-0.2, -0.15) is 5.26 Å². The zero-order valence-corrected chi connectivity index (χ0v) is 15.3. The Morgan fingerprint density at radius 3 is 2.58 bits per heavy atom. The van der Waals surface area contributed by atoms with Crippen LogP contribution in [-0.2, 0) is 4.79 Å². The lowest BCUT2D eigenvalue weighted by Crippen LogP contribution is -2.36. The van der Waals surface area contributed by atoms with Crippen LogP contribution in [-0.4, -0.2) is 5.78 Å². The molecule has 0 saturated carbocycles. The molecule has 24 heavy (non-hydrogen) atoms. The van der Waals surface area contributed by atoms with Crippen LogP contribution in [0.1, 0.15) is 45.1 Å². The van der Waals surface area contributed by atoms with Gasteiger partial charge in [0.25, 0.3) is 0 Å². The number of carbonyl (C=O) groups excluding carboxylic acids is 1. The smallest absolute Gasteiger partial charge is 0.162 e. The summed E-state index contributed by atoms with van der Waals surface area (Å²) < 4.78 is 0. The van der Waals surface area contributed by atoms with Crippen molar-refractivity contribution in [1.82, 2.24) is 5.32 Å². The fourth-order valence-corrected chi connectivity index (χ4v) is 3.92. The largest absolute Gasteiger partial charge is 0.361 e. The van der Waals surface area contributed by atoms with Gasteiger partial charge in [0, 0.05) is 23.4 Å². The summed E-state index contributed by atoms with van der Waals surface area (Å²) in [6.45, 7) is 6.05. The summed E-state index contributed by atoms with van der Waals surface area (Å²) in [7, 11) is 0. The van der Waals surface area contributed by atoms with Crippen LogP contribution >= 0.6 is 23.2 Å². The van der Waals surface area contributed by atoms with Crippen molar-refractivity contribution in [3.8, 4) is 6.07 Å². The molecular formula is C19H18Cl2N2O. The molecule has 1 atom stereocenters. The number of carbonyl (C=O) groups is 1. The molecule has 1 heterocycles. The van der Waals surface area contributed by atoms with Crippen LogP contribution in [0.4, 0.5) is 0 Å². The lowest BCUT2D eigenvalue weighted by Gasteiger charge is -2.38. The predicted octanol–water partition coefficient (Wildman–Crippen LogP) is 5.12. The number of dihydropyridines is 1. The van der Waals surface area contributed by atoms with Gasteiger partial charge in [-0.3, -0.25) is 4.79 Å². The number of allylic oxidation sites excluding steroid dienone is 4. The van der Waals surface area contributed by atoms with Crippen LogP contribution in [0.3, 0.4) is 0 Å². The van der Waals surface area contributed by atoms with Gasteiger partial charge in [-0.15, -0.1) is 0 Å². The van der Waals surface area contributed by atoms with E-state index in [1.807, 2.05) is 13.0 Å². The lowest BCUT2D eigenvalue weighted by atomic mass is 9.69. The van der Waals surface area contributed by atoms with E-state index in [-0.39, 0.29) is 17.1 Å². The van der Waals surface area contributed by atoms with Crippen molar-refractivity contribution in [3.05, 3.63) is 56.3 Å². The average molecular weight is 361 g/mol. The van der Waals surface area contributed by atoms with Gasteiger partial charge < -0.3 is 5.32 Å². The van der Waals surface area contributed by atoms with Crippen molar-refractivity contribution in [3.63, 3.8) is 0 Å². The Kier molecular flexibility index (Phi) is 4.23. The molecular weight excluding hydrogens is 343 g/mol. The molecule has 124 valence electrons. The number of benzene rings is 1. The van der Waals surface area contributed by atoms with E-state index >= 15 is 0 Å². The summed E-state index contributed by atoms with van der Waals surface area (Å²) in [5.41, 5.74) is 3.69. The Bertz CT molecular complexity index is 843. The molecule has 0 unspecified atom stereocenters. The highest BCUT2D eigenvalue weighted by Crippen LogP contribution is 2.46. The number of nitrogens with one attached hydrogen (secondary N) is 1. The molecule has 0 amide bonds. The van der Waals surface area contributed by atoms with E-state index in [4.69, 9.17) is 23.2 Å². The number of nitrogens with zero attached hydrogens (tertiary/aromatic N) is 1. The number of nitriles is 1. The SMILES string of the molecule is CC1=C(C#N)[C@@H](c2ccc(Cl)c(Cl)c2)C2=C(CC(C)(C)CC2=O)N1. The maximum atomic E-state index is 12.9. The number of halogens is 2. The normalized spacial score (nSPS) is 22.8. The molecule has 1 aromatic carbocycles. The molecule has 0 aromatic heterocycles. The highest BCUT2D eigenvalue weighted by atomic mass is 35.5. The predicted molar refractivity (Wildman–Crippen MR) is 95.7 cm³/mol. The van der Waals surface area contributed by atoms with E-state index in [1.54, 1.807) is 12.1 Å². The van der Waals surface area contributed by atoms with Gasteiger partial charge in [-0.25, -0.2) is 0 Å². The van der Waals surface area contributed by atoms with Gasteiger partial charge in [0.1, 0.15) is 0 Å². The molecule has 1 N–H and O–H groups in total. The van der Waals surface area contributed by atoms with E-state index in [1.165, 1.54) is 0 Å². The Hall–Kier alpha value is -1.76. The number of ketones is 1. The first-order chi connectivity index (χ1) is 11.2. The summed E-state index contributed by atoms with van der Waals surface area (Å²) in [4.78, 5) is 12.9. The van der Waals surface area contributed by atoms with Gasteiger partial charge in [0.05, 0.1) is 27.6 Å². The quantitative estimate of drug-likeness (QED) is 0.755. The Morgan fingerprint density at radius 2 is 1.96 bits per heavy atom. The summed E-state index contributed by atoms with van der Waals surface area (Å²) in [6, 6.07) is 7.57. The number of hydrogen-bond donors (Lipinski definition) is 1. The van der Waals surface area contributed by atoms with E-state index < -0.39 is 0 Å². The topological polar surface area (TPSA) is 52.9 Å². The number of rotatable bonds is 1. The van der Waals surface area contributed by atoms with Gasteiger partial charge in [0.2, 0.25) is 0 Å². The van der Waals surface area contributed by atoms with Crippen molar-refractivity contribution in [2.45, 2.75) is 39.5 Å². The number of hydrogen-bond acceptors (Lipinski definition) is 3. The van der Waals surface area contributed by atoms with Crippen molar-refractivity contribution >= 4 is 29.0 Å². The fraction of sp³-hybridized carbons (Fsp3) is 0.368. The molecule has 1 aliphatic heterocycles. The number of Topliss-reactive ketones (excluding diaryl/α,β-unsaturated/α-hetero) is 1. The Balaban J connectivity index is 2.20. The van der Waals surface area contributed by atoms with Crippen molar-refractivity contribution in [2.24, 2.45) is 5.41 Å². The maximum Gasteiger partial charge on any atom is 0.162 e. The molecule has 3 nitrogen and oxygen atoms in total. The van der Waals surface area contributed by atoms with Gasteiger partial charge in [-0.05, 0) is 36.5 Å². The van der Waals surface area contributed by atoms with Crippen molar-refractivity contribution in [1.29, 1.82) is 5.26 Å². The monoisotopic (exact) mass is 360 g/mol. The van der Waals surface area contributed by atoms with Crippen LogP contribution in [0.25, 0.3) is 0 Å². The van der Waals surface area contributed by atoms with Gasteiger partial charge in [0.15, 0.2) is 5.78 Å². The molecule has 0 saturated heterocycles. The maximum absolute atomic E-state index is 12.9. The second-order valence-corrected chi connectivity index (χ2v) is 8.03. The molecule has 0 radical (unpaired) electrons. The third kappa shape index (κ3) is 2.85. The molecule has 2 aliphatic rings. The average Bonchev–Trinajstić information content (AvgIpc) is 2.47. The summed E-state index contributed by atoms with van der Waals surface area (Å²) in [5, 5.41) is 13.8. The van der Waals surface area contributed by atoms with Crippen LogP contribution in [0, 0.1) is 16.7 Å². The van der Waals surface area contributed by atoms with E-state index in [9.17, 15) is 10.1 Å². The van der Waals surface area contributed by atoms with Crippen molar-refractivity contribution in [2.75, 3.05) is 0 Å². The van der Waals surface area contributed by atoms with Crippen LogP contribution < -0.4 is 5.32 Å². The molecule has 0 spiro atoms. The molecule has 1 aliphatic carbocycles. The summed E-state index contributed by atoms with van der Waals surface area (Å²) >= 11 is 12.2. The Morgan fingerprint density at radius 1 is 1.25 bits per heavy atom. The summed E-state index contributed by atoms with van der Waals surface area (Å²) in [5.74, 6) is -0.297. The van der Waals surface area contributed by atoms with Crippen LogP contribution in [0.15, 0.2) is 40.7 Å². The van der Waals surface area contributed by atoms with Gasteiger partial charge in [-0.1, -0.05) is 43.1 Å². The standard InChI is InChI=1S/C19H18Cl2N2O/c1-10-12(9-22)17(11-4-5-13(20)14(21)6-11)18-15(23-10)7-19(2,3)8-16(18)24/h4-6,17,23H,7-8H2,1-3H3/t17-/m1/s1. The minimum atomic E-state index is -0.385.